The molecule has 2 rings (SSSR count). The summed E-state index contributed by atoms with van der Waals surface area (Å²) in [7, 11) is 0. The minimum absolute atomic E-state index is 0.0884. The molecule has 0 radical (unpaired) electrons. The van der Waals surface area contributed by atoms with Gasteiger partial charge in [-0.1, -0.05) is 12.2 Å². The van der Waals surface area contributed by atoms with Crippen LogP contribution in [0.3, 0.4) is 0 Å². The lowest BCUT2D eigenvalue weighted by molar-refractivity contribution is -0.126. The molecule has 1 heterocycles. The van der Waals surface area contributed by atoms with Crippen LogP contribution in [-0.4, -0.2) is 36.9 Å². The normalized spacial score (nSPS) is 26.8. The first-order valence-electron chi connectivity index (χ1n) is 6.96. The molecule has 0 aromatic heterocycles. The number of hydrogen-bond acceptors (Lipinski definition) is 3. The molecule has 1 aliphatic heterocycles. The third-order valence-electron chi connectivity index (χ3n) is 3.94. The number of allylic oxidation sites excluding steroid dienone is 2. The lowest BCUT2D eigenvalue weighted by atomic mass is 9.92. The zero-order chi connectivity index (χ0) is 12.8. The molecular formula is C14H23NO3. The van der Waals surface area contributed by atoms with Crippen LogP contribution in [0.1, 0.15) is 32.1 Å². The van der Waals surface area contributed by atoms with Crippen LogP contribution in [0.2, 0.25) is 0 Å². The molecule has 2 N–H and O–H groups in total. The first-order valence-corrected chi connectivity index (χ1v) is 6.96. The molecule has 0 spiro atoms. The Morgan fingerprint density at radius 1 is 1.33 bits per heavy atom. The minimum Gasteiger partial charge on any atom is -0.391 e. The van der Waals surface area contributed by atoms with Crippen molar-refractivity contribution in [1.29, 1.82) is 0 Å². The fraction of sp³-hybridized carbons (Fsp3) is 0.786. The van der Waals surface area contributed by atoms with Crippen molar-refractivity contribution in [1.82, 2.24) is 5.32 Å². The molecule has 4 nitrogen and oxygen atoms in total. The lowest BCUT2D eigenvalue weighted by Crippen LogP contribution is -2.40. The van der Waals surface area contributed by atoms with Crippen molar-refractivity contribution in [2.24, 2.45) is 11.8 Å². The van der Waals surface area contributed by atoms with Crippen molar-refractivity contribution in [3.8, 4) is 0 Å². The number of nitrogens with one attached hydrogen (secondary N) is 1. The second-order valence-corrected chi connectivity index (χ2v) is 5.24. The number of carbonyl (C=O) groups excluding carboxylic acids is 1. The van der Waals surface area contributed by atoms with E-state index in [-0.39, 0.29) is 17.7 Å². The van der Waals surface area contributed by atoms with Gasteiger partial charge in [-0.15, -0.1) is 0 Å². The molecule has 0 aromatic carbocycles. The molecule has 1 fully saturated rings. The van der Waals surface area contributed by atoms with Crippen molar-refractivity contribution >= 4 is 5.91 Å². The molecule has 1 amide bonds. The first kappa shape index (κ1) is 13.6. The van der Waals surface area contributed by atoms with Gasteiger partial charge in [0.05, 0.1) is 6.10 Å². The van der Waals surface area contributed by atoms with E-state index in [2.05, 4.69) is 17.5 Å². The van der Waals surface area contributed by atoms with E-state index in [1.165, 1.54) is 0 Å². The number of ether oxygens (including phenoxy) is 1. The standard InChI is InChI=1S/C14H23NO3/c16-13(11-6-8-18-9-7-11)10-15-14(17)12-4-2-1-3-5-12/h1-2,11-13,16H,3-10H2,(H,15,17)/t12-,13+/m0/s1. The zero-order valence-corrected chi connectivity index (χ0v) is 10.8. The maximum atomic E-state index is 11.9. The Morgan fingerprint density at radius 3 is 2.78 bits per heavy atom. The summed E-state index contributed by atoms with van der Waals surface area (Å²) in [5.41, 5.74) is 0. The van der Waals surface area contributed by atoms with E-state index in [4.69, 9.17) is 4.74 Å². The highest BCUT2D eigenvalue weighted by atomic mass is 16.5. The van der Waals surface area contributed by atoms with Crippen LogP contribution in [0.15, 0.2) is 12.2 Å². The fourth-order valence-corrected chi connectivity index (χ4v) is 2.65. The van der Waals surface area contributed by atoms with Crippen molar-refractivity contribution < 1.29 is 14.6 Å². The van der Waals surface area contributed by atoms with E-state index in [9.17, 15) is 9.90 Å². The van der Waals surface area contributed by atoms with Crippen LogP contribution in [0.25, 0.3) is 0 Å². The van der Waals surface area contributed by atoms with E-state index in [0.29, 0.717) is 6.54 Å². The third kappa shape index (κ3) is 3.82. The van der Waals surface area contributed by atoms with E-state index in [0.717, 1.165) is 45.3 Å². The van der Waals surface area contributed by atoms with Gasteiger partial charge >= 0.3 is 0 Å². The molecule has 0 aromatic rings. The van der Waals surface area contributed by atoms with Gasteiger partial charge in [-0.2, -0.15) is 0 Å². The van der Waals surface area contributed by atoms with Gasteiger partial charge in [0.1, 0.15) is 0 Å². The second-order valence-electron chi connectivity index (χ2n) is 5.24. The molecule has 2 aliphatic rings. The van der Waals surface area contributed by atoms with Gasteiger partial charge < -0.3 is 15.2 Å². The first-order chi connectivity index (χ1) is 8.77. The maximum Gasteiger partial charge on any atom is 0.223 e. The van der Waals surface area contributed by atoms with Crippen molar-refractivity contribution in [2.75, 3.05) is 19.8 Å². The highest BCUT2D eigenvalue weighted by molar-refractivity contribution is 5.78. The van der Waals surface area contributed by atoms with Crippen LogP contribution < -0.4 is 5.32 Å². The monoisotopic (exact) mass is 253 g/mol. The summed E-state index contributed by atoms with van der Waals surface area (Å²) in [5.74, 6) is 0.452. The van der Waals surface area contributed by atoms with Crippen molar-refractivity contribution in [3.63, 3.8) is 0 Å². The molecule has 102 valence electrons. The van der Waals surface area contributed by atoms with E-state index in [1.54, 1.807) is 0 Å². The predicted octanol–water partition coefficient (Wildman–Crippen LogP) is 1.25. The molecule has 0 unspecified atom stereocenters. The number of rotatable bonds is 4. The van der Waals surface area contributed by atoms with E-state index in [1.807, 2.05) is 0 Å². The summed E-state index contributed by atoms with van der Waals surface area (Å²) < 4.78 is 5.26. The predicted molar refractivity (Wildman–Crippen MR) is 69.0 cm³/mol. The highest BCUT2D eigenvalue weighted by Gasteiger charge is 2.24. The van der Waals surface area contributed by atoms with Gasteiger partial charge in [0.15, 0.2) is 0 Å². The van der Waals surface area contributed by atoms with Crippen molar-refractivity contribution in [3.05, 3.63) is 12.2 Å². The molecule has 18 heavy (non-hydrogen) atoms. The number of carbonyl (C=O) groups is 1. The molecule has 0 saturated carbocycles. The summed E-state index contributed by atoms with van der Waals surface area (Å²) in [6.07, 6.45) is 8.29. The molecule has 0 bridgehead atoms. The van der Waals surface area contributed by atoms with Gasteiger partial charge in [-0.05, 0) is 38.0 Å². The average molecular weight is 253 g/mol. The molecule has 4 heteroatoms. The third-order valence-corrected chi connectivity index (χ3v) is 3.94. The average Bonchev–Trinajstić information content (AvgIpc) is 2.46. The molecule has 2 atom stereocenters. The number of amides is 1. The quantitative estimate of drug-likeness (QED) is 0.741. The summed E-state index contributed by atoms with van der Waals surface area (Å²) in [6, 6.07) is 0. The Balaban J connectivity index is 1.69. The SMILES string of the molecule is O=C(NC[C@@H](O)C1CCOCC1)[C@H]1CC=CCC1. The van der Waals surface area contributed by atoms with Gasteiger partial charge in [0.2, 0.25) is 5.91 Å². The Hall–Kier alpha value is -0.870. The topological polar surface area (TPSA) is 58.6 Å². The highest BCUT2D eigenvalue weighted by Crippen LogP contribution is 2.20. The number of aliphatic hydroxyl groups is 1. The largest absolute Gasteiger partial charge is 0.391 e. The molecular weight excluding hydrogens is 230 g/mol. The maximum absolute atomic E-state index is 11.9. The summed E-state index contributed by atoms with van der Waals surface area (Å²) in [5, 5.41) is 12.9. The summed E-state index contributed by atoms with van der Waals surface area (Å²) >= 11 is 0. The van der Waals surface area contributed by atoms with Crippen LogP contribution in [0.5, 0.6) is 0 Å². The Morgan fingerprint density at radius 2 is 2.11 bits per heavy atom. The number of aliphatic hydroxyl groups excluding tert-OH is 1. The Labute approximate surface area is 108 Å². The summed E-state index contributed by atoms with van der Waals surface area (Å²) in [6.45, 7) is 1.83. The Kier molecular flexibility index (Phi) is 5.20. The zero-order valence-electron chi connectivity index (χ0n) is 10.8. The smallest absolute Gasteiger partial charge is 0.223 e. The minimum atomic E-state index is -0.433. The van der Waals surface area contributed by atoms with Crippen LogP contribution in [0.4, 0.5) is 0 Å². The van der Waals surface area contributed by atoms with Crippen LogP contribution in [0, 0.1) is 11.8 Å². The number of hydrogen-bond donors (Lipinski definition) is 2. The van der Waals surface area contributed by atoms with Gasteiger partial charge in [-0.3, -0.25) is 4.79 Å². The van der Waals surface area contributed by atoms with Crippen molar-refractivity contribution in [2.45, 2.75) is 38.2 Å². The molecule has 1 aliphatic carbocycles. The second kappa shape index (κ2) is 6.90. The molecule has 1 saturated heterocycles. The summed E-state index contributed by atoms with van der Waals surface area (Å²) in [4.78, 5) is 11.9. The van der Waals surface area contributed by atoms with E-state index >= 15 is 0 Å². The van der Waals surface area contributed by atoms with Crippen LogP contribution in [-0.2, 0) is 9.53 Å². The van der Waals surface area contributed by atoms with Gasteiger partial charge in [0, 0.05) is 25.7 Å². The Bertz CT molecular complexity index is 297. The van der Waals surface area contributed by atoms with Crippen LogP contribution >= 0.6 is 0 Å². The van der Waals surface area contributed by atoms with E-state index < -0.39 is 6.10 Å². The fourth-order valence-electron chi connectivity index (χ4n) is 2.65. The lowest BCUT2D eigenvalue weighted by Gasteiger charge is -2.27. The van der Waals surface area contributed by atoms with Gasteiger partial charge in [0.25, 0.3) is 0 Å². The van der Waals surface area contributed by atoms with Gasteiger partial charge in [-0.25, -0.2) is 0 Å².